The summed E-state index contributed by atoms with van der Waals surface area (Å²) in [5.41, 5.74) is 1.20. The molecule has 2 aromatic rings. The quantitative estimate of drug-likeness (QED) is 0.900. The van der Waals surface area contributed by atoms with Gasteiger partial charge in [0.15, 0.2) is 5.82 Å². The molecule has 0 saturated carbocycles. The topological polar surface area (TPSA) is 51.0 Å². The van der Waals surface area contributed by atoms with Gasteiger partial charge in [-0.3, -0.25) is 0 Å². The lowest BCUT2D eigenvalue weighted by atomic mass is 10.0. The lowest BCUT2D eigenvalue weighted by Gasteiger charge is -2.06. The molecule has 0 spiro atoms. The van der Waals surface area contributed by atoms with E-state index in [2.05, 4.69) is 34.5 Å². The molecule has 1 N–H and O–H groups in total. The van der Waals surface area contributed by atoms with Crippen LogP contribution < -0.4 is 5.32 Å². The van der Waals surface area contributed by atoms with E-state index in [1.165, 1.54) is 12.0 Å². The molecule has 94 valence electrons. The van der Waals surface area contributed by atoms with E-state index in [1.807, 2.05) is 18.2 Å². The Kier molecular flexibility index (Phi) is 3.11. The van der Waals surface area contributed by atoms with E-state index in [-0.39, 0.29) is 12.0 Å². The van der Waals surface area contributed by atoms with Crippen molar-refractivity contribution < 1.29 is 4.52 Å². The third-order valence-electron chi connectivity index (χ3n) is 3.50. The fourth-order valence-corrected chi connectivity index (χ4v) is 2.35. The monoisotopic (exact) mass is 243 g/mol. The summed E-state index contributed by atoms with van der Waals surface area (Å²) in [6.07, 6.45) is 2.28. The molecular formula is C14H17N3O. The molecule has 1 aliphatic heterocycles. The van der Waals surface area contributed by atoms with Gasteiger partial charge in [-0.15, -0.1) is 0 Å². The molecule has 3 rings (SSSR count). The van der Waals surface area contributed by atoms with Crippen molar-refractivity contribution in [3.8, 4) is 0 Å². The van der Waals surface area contributed by atoms with Crippen LogP contribution in [0.15, 0.2) is 34.9 Å². The minimum atomic E-state index is 0.147. The summed E-state index contributed by atoms with van der Waals surface area (Å²) in [5, 5.41) is 7.48. The predicted molar refractivity (Wildman–Crippen MR) is 68.2 cm³/mol. The average molecular weight is 243 g/mol. The predicted octanol–water partition coefficient (Wildman–Crippen LogP) is 2.65. The molecule has 0 amide bonds. The van der Waals surface area contributed by atoms with Gasteiger partial charge in [-0.1, -0.05) is 35.5 Å². The van der Waals surface area contributed by atoms with Crippen LogP contribution in [0.2, 0.25) is 0 Å². The Balaban J connectivity index is 1.80. The molecule has 1 saturated heterocycles. The zero-order chi connectivity index (χ0) is 12.4. The largest absolute Gasteiger partial charge is 0.339 e. The van der Waals surface area contributed by atoms with E-state index in [9.17, 15) is 0 Å². The Hall–Kier alpha value is -1.68. The first kappa shape index (κ1) is 11.4. The molecular weight excluding hydrogens is 226 g/mol. The fraction of sp³-hybridized carbons (Fsp3) is 0.429. The molecule has 1 fully saturated rings. The smallest absolute Gasteiger partial charge is 0.233 e. The number of hydrogen-bond acceptors (Lipinski definition) is 4. The maximum absolute atomic E-state index is 5.39. The van der Waals surface area contributed by atoms with Crippen molar-refractivity contribution in [2.24, 2.45) is 0 Å². The number of nitrogens with one attached hydrogen (secondary N) is 1. The van der Waals surface area contributed by atoms with Gasteiger partial charge in [0.25, 0.3) is 0 Å². The van der Waals surface area contributed by atoms with Crippen LogP contribution in [-0.4, -0.2) is 16.7 Å². The number of aromatic nitrogens is 2. The zero-order valence-electron chi connectivity index (χ0n) is 10.5. The number of rotatable bonds is 3. The molecule has 2 heterocycles. The molecule has 2 atom stereocenters. The Morgan fingerprint density at radius 3 is 2.89 bits per heavy atom. The molecule has 1 aliphatic rings. The normalized spacial score (nSPS) is 21.1. The first-order valence-corrected chi connectivity index (χ1v) is 6.46. The molecule has 0 radical (unpaired) electrons. The van der Waals surface area contributed by atoms with Crippen molar-refractivity contribution in [3.05, 3.63) is 47.6 Å². The molecule has 1 aromatic heterocycles. The molecule has 0 bridgehead atoms. The fourth-order valence-electron chi connectivity index (χ4n) is 2.35. The van der Waals surface area contributed by atoms with Crippen molar-refractivity contribution in [1.29, 1.82) is 0 Å². The van der Waals surface area contributed by atoms with Crippen LogP contribution in [0.3, 0.4) is 0 Å². The molecule has 0 aliphatic carbocycles. The first-order chi connectivity index (χ1) is 8.84. The number of nitrogens with zero attached hydrogens (tertiary/aromatic N) is 2. The minimum Gasteiger partial charge on any atom is -0.339 e. The van der Waals surface area contributed by atoms with Gasteiger partial charge in [-0.2, -0.15) is 4.98 Å². The summed E-state index contributed by atoms with van der Waals surface area (Å²) in [6.45, 7) is 3.14. The molecule has 1 aromatic carbocycles. The lowest BCUT2D eigenvalue weighted by Crippen LogP contribution is -2.14. The van der Waals surface area contributed by atoms with E-state index in [4.69, 9.17) is 4.52 Å². The maximum atomic E-state index is 5.39. The van der Waals surface area contributed by atoms with Crippen LogP contribution in [0.1, 0.15) is 49.0 Å². The third-order valence-corrected chi connectivity index (χ3v) is 3.50. The highest BCUT2D eigenvalue weighted by Crippen LogP contribution is 2.25. The Morgan fingerprint density at radius 1 is 1.33 bits per heavy atom. The van der Waals surface area contributed by atoms with Gasteiger partial charge in [0.2, 0.25) is 5.89 Å². The second-order valence-corrected chi connectivity index (χ2v) is 4.77. The van der Waals surface area contributed by atoms with Crippen LogP contribution >= 0.6 is 0 Å². The zero-order valence-corrected chi connectivity index (χ0v) is 10.5. The highest BCUT2D eigenvalue weighted by Gasteiger charge is 2.23. The van der Waals surface area contributed by atoms with Crippen molar-refractivity contribution in [1.82, 2.24) is 15.5 Å². The maximum Gasteiger partial charge on any atom is 0.233 e. The van der Waals surface area contributed by atoms with Crippen LogP contribution in [0.4, 0.5) is 0 Å². The minimum absolute atomic E-state index is 0.147. The van der Waals surface area contributed by atoms with Crippen LogP contribution in [-0.2, 0) is 0 Å². The van der Waals surface area contributed by atoms with E-state index in [0.29, 0.717) is 5.89 Å². The van der Waals surface area contributed by atoms with E-state index < -0.39 is 0 Å². The highest BCUT2D eigenvalue weighted by molar-refractivity contribution is 5.23. The van der Waals surface area contributed by atoms with Crippen LogP contribution in [0.5, 0.6) is 0 Å². The number of hydrogen-bond donors (Lipinski definition) is 1. The highest BCUT2D eigenvalue weighted by atomic mass is 16.5. The lowest BCUT2D eigenvalue weighted by molar-refractivity contribution is 0.361. The van der Waals surface area contributed by atoms with Crippen molar-refractivity contribution in [2.75, 3.05) is 6.54 Å². The van der Waals surface area contributed by atoms with E-state index >= 15 is 0 Å². The van der Waals surface area contributed by atoms with Gasteiger partial charge < -0.3 is 9.84 Å². The van der Waals surface area contributed by atoms with Crippen molar-refractivity contribution in [3.63, 3.8) is 0 Å². The van der Waals surface area contributed by atoms with Crippen LogP contribution in [0.25, 0.3) is 0 Å². The summed E-state index contributed by atoms with van der Waals surface area (Å²) in [5.74, 6) is 1.64. The Labute approximate surface area is 106 Å². The van der Waals surface area contributed by atoms with E-state index in [0.717, 1.165) is 18.8 Å². The summed E-state index contributed by atoms with van der Waals surface area (Å²) < 4.78 is 5.39. The average Bonchev–Trinajstić information content (AvgIpc) is 3.09. The van der Waals surface area contributed by atoms with Gasteiger partial charge in [-0.05, 0) is 31.9 Å². The molecule has 18 heavy (non-hydrogen) atoms. The Morgan fingerprint density at radius 2 is 2.17 bits per heavy atom. The molecule has 4 nitrogen and oxygen atoms in total. The molecule has 4 heteroatoms. The van der Waals surface area contributed by atoms with Gasteiger partial charge in [-0.25, -0.2) is 0 Å². The van der Waals surface area contributed by atoms with Gasteiger partial charge >= 0.3 is 0 Å². The summed E-state index contributed by atoms with van der Waals surface area (Å²) in [6, 6.07) is 10.5. The molecule has 2 unspecified atom stereocenters. The SMILES string of the molecule is CC(c1ccccc1)c1nc(C2CCCN2)no1. The summed E-state index contributed by atoms with van der Waals surface area (Å²) >= 11 is 0. The first-order valence-electron chi connectivity index (χ1n) is 6.46. The number of benzene rings is 1. The summed E-state index contributed by atoms with van der Waals surface area (Å²) in [4.78, 5) is 4.53. The van der Waals surface area contributed by atoms with Gasteiger partial charge in [0.1, 0.15) is 0 Å². The standard InChI is InChI=1S/C14H17N3O/c1-10(11-6-3-2-4-7-11)14-16-13(17-18-14)12-8-5-9-15-12/h2-4,6-7,10,12,15H,5,8-9H2,1H3. The third kappa shape index (κ3) is 2.16. The van der Waals surface area contributed by atoms with Gasteiger partial charge in [0.05, 0.1) is 12.0 Å². The second-order valence-electron chi connectivity index (χ2n) is 4.77. The van der Waals surface area contributed by atoms with E-state index in [1.54, 1.807) is 0 Å². The van der Waals surface area contributed by atoms with Crippen molar-refractivity contribution in [2.45, 2.75) is 31.7 Å². The van der Waals surface area contributed by atoms with Crippen molar-refractivity contribution >= 4 is 0 Å². The Bertz CT molecular complexity index is 503. The van der Waals surface area contributed by atoms with Crippen LogP contribution in [0, 0.1) is 0 Å². The van der Waals surface area contributed by atoms with Gasteiger partial charge in [0, 0.05) is 0 Å². The summed E-state index contributed by atoms with van der Waals surface area (Å²) in [7, 11) is 0. The second kappa shape index (κ2) is 4.90.